The van der Waals surface area contributed by atoms with Gasteiger partial charge in [-0.2, -0.15) is 4.31 Å². The molecular weight excluding hydrogens is 404 g/mol. The van der Waals surface area contributed by atoms with E-state index >= 15 is 0 Å². The van der Waals surface area contributed by atoms with Crippen LogP contribution in [0.15, 0.2) is 53.4 Å². The van der Waals surface area contributed by atoms with Gasteiger partial charge >= 0.3 is 6.03 Å². The Morgan fingerprint density at radius 3 is 2.20 bits per heavy atom. The zero-order valence-corrected chi connectivity index (χ0v) is 18.4. The first kappa shape index (κ1) is 23.4. The Hall–Kier alpha value is -2.91. The zero-order chi connectivity index (χ0) is 22.3. The molecule has 1 atom stereocenters. The Labute approximate surface area is 177 Å². The molecule has 0 aliphatic heterocycles. The van der Waals surface area contributed by atoms with Crippen LogP contribution in [0.4, 0.5) is 16.2 Å². The summed E-state index contributed by atoms with van der Waals surface area (Å²) < 4.78 is 27.1. The molecule has 0 fully saturated rings. The van der Waals surface area contributed by atoms with E-state index in [9.17, 15) is 18.0 Å². The number of anilines is 2. The molecule has 0 saturated carbocycles. The second-order valence-electron chi connectivity index (χ2n) is 6.75. The van der Waals surface area contributed by atoms with Gasteiger partial charge in [-0.3, -0.25) is 4.79 Å². The molecule has 2 rings (SSSR count). The highest BCUT2D eigenvalue weighted by atomic mass is 32.2. The summed E-state index contributed by atoms with van der Waals surface area (Å²) in [5.41, 5.74) is 1.54. The minimum Gasteiger partial charge on any atom is -0.326 e. The van der Waals surface area contributed by atoms with Crippen LogP contribution in [0.1, 0.15) is 26.3 Å². The topological polar surface area (TPSA) is 108 Å². The number of nitrogens with zero attached hydrogens (tertiary/aromatic N) is 1. The third-order valence-electron chi connectivity index (χ3n) is 4.55. The maximum Gasteiger partial charge on any atom is 0.319 e. The van der Waals surface area contributed by atoms with Crippen LogP contribution in [0.5, 0.6) is 0 Å². The lowest BCUT2D eigenvalue weighted by molar-refractivity contribution is -0.117. The van der Waals surface area contributed by atoms with Crippen molar-refractivity contribution < 1.29 is 18.0 Å². The summed E-state index contributed by atoms with van der Waals surface area (Å²) in [6, 6.07) is 12.2. The van der Waals surface area contributed by atoms with Crippen molar-refractivity contribution >= 4 is 33.3 Å². The lowest BCUT2D eigenvalue weighted by atomic mass is 10.2. The van der Waals surface area contributed by atoms with Crippen LogP contribution < -0.4 is 16.0 Å². The third-order valence-corrected chi connectivity index (χ3v) is 6.74. The molecule has 0 aliphatic carbocycles. The summed E-state index contributed by atoms with van der Waals surface area (Å²) in [7, 11) is -3.66. The number of carbonyl (C=O) groups excluding carboxylic acids is 2. The van der Waals surface area contributed by atoms with Gasteiger partial charge in [0.25, 0.3) is 0 Å². The fourth-order valence-corrected chi connectivity index (χ4v) is 4.57. The Balaban J connectivity index is 2.08. The number of urea groups is 1. The van der Waals surface area contributed by atoms with E-state index in [1.165, 1.54) is 10.4 Å². The number of nitrogens with one attached hydrogen (secondary N) is 3. The van der Waals surface area contributed by atoms with Crippen molar-refractivity contribution in [2.75, 3.05) is 23.7 Å². The Kier molecular flexibility index (Phi) is 7.96. The molecule has 30 heavy (non-hydrogen) atoms. The van der Waals surface area contributed by atoms with Gasteiger partial charge in [0.1, 0.15) is 6.04 Å². The van der Waals surface area contributed by atoms with E-state index in [1.807, 2.05) is 6.07 Å². The van der Waals surface area contributed by atoms with E-state index in [0.717, 1.165) is 0 Å². The summed E-state index contributed by atoms with van der Waals surface area (Å²) in [6.07, 6.45) is 0. The first-order valence-corrected chi connectivity index (χ1v) is 11.2. The number of hydrogen-bond donors (Lipinski definition) is 3. The molecule has 3 N–H and O–H groups in total. The number of benzene rings is 2. The monoisotopic (exact) mass is 432 g/mol. The van der Waals surface area contributed by atoms with Crippen LogP contribution in [-0.2, 0) is 14.8 Å². The standard InChI is InChI=1S/C21H28N4O4S/c1-5-25(6-2)30(28,29)19-14-18(13-12-15(19)3)23-20(26)16(4)22-21(27)24-17-10-8-7-9-11-17/h7-14,16H,5-6H2,1-4H3,(H,23,26)(H2,22,24,27). The maximum atomic E-state index is 12.9. The lowest BCUT2D eigenvalue weighted by Crippen LogP contribution is -2.43. The zero-order valence-electron chi connectivity index (χ0n) is 17.6. The SMILES string of the molecule is CCN(CC)S(=O)(=O)c1cc(NC(=O)C(C)NC(=O)Nc2ccccc2)ccc1C. The van der Waals surface area contributed by atoms with Crippen LogP contribution in [0, 0.1) is 6.92 Å². The first-order chi connectivity index (χ1) is 14.2. The third kappa shape index (κ3) is 5.80. The molecular formula is C21H28N4O4S. The van der Waals surface area contributed by atoms with Gasteiger partial charge in [-0.15, -0.1) is 0 Å². The first-order valence-electron chi connectivity index (χ1n) is 9.73. The van der Waals surface area contributed by atoms with Crippen molar-refractivity contribution in [2.24, 2.45) is 0 Å². The van der Waals surface area contributed by atoms with E-state index in [0.29, 0.717) is 30.0 Å². The highest BCUT2D eigenvalue weighted by Crippen LogP contribution is 2.23. The molecule has 0 bridgehead atoms. The summed E-state index contributed by atoms with van der Waals surface area (Å²) in [5, 5.41) is 7.85. The minimum absolute atomic E-state index is 0.145. The molecule has 2 aromatic rings. The number of amides is 3. The molecule has 3 amide bonds. The number of hydrogen-bond acceptors (Lipinski definition) is 4. The van der Waals surface area contributed by atoms with Gasteiger partial charge in [0, 0.05) is 24.5 Å². The van der Waals surface area contributed by atoms with Crippen molar-refractivity contribution in [1.82, 2.24) is 9.62 Å². The smallest absolute Gasteiger partial charge is 0.319 e. The summed E-state index contributed by atoms with van der Waals surface area (Å²) >= 11 is 0. The molecule has 0 saturated heterocycles. The fraction of sp³-hybridized carbons (Fsp3) is 0.333. The van der Waals surface area contributed by atoms with Gasteiger partial charge < -0.3 is 16.0 Å². The van der Waals surface area contributed by atoms with Gasteiger partial charge in [-0.1, -0.05) is 38.1 Å². The summed E-state index contributed by atoms with van der Waals surface area (Å²) in [4.78, 5) is 24.7. The van der Waals surface area contributed by atoms with Crippen molar-refractivity contribution in [2.45, 2.75) is 38.6 Å². The second-order valence-corrected chi connectivity index (χ2v) is 8.65. The molecule has 2 aromatic carbocycles. The van der Waals surface area contributed by atoms with Gasteiger partial charge in [0.05, 0.1) is 4.90 Å². The van der Waals surface area contributed by atoms with Crippen molar-refractivity contribution in [1.29, 1.82) is 0 Å². The van der Waals surface area contributed by atoms with Gasteiger partial charge in [0.15, 0.2) is 0 Å². The average Bonchev–Trinajstić information content (AvgIpc) is 2.70. The lowest BCUT2D eigenvalue weighted by Gasteiger charge is -2.21. The van der Waals surface area contributed by atoms with Gasteiger partial charge in [-0.25, -0.2) is 13.2 Å². The number of para-hydroxylation sites is 1. The molecule has 1 unspecified atom stereocenters. The molecule has 0 aliphatic rings. The van der Waals surface area contributed by atoms with Crippen LogP contribution in [0.3, 0.4) is 0 Å². The fourth-order valence-electron chi connectivity index (χ4n) is 2.86. The molecule has 0 radical (unpaired) electrons. The Bertz CT molecular complexity index is 989. The quantitative estimate of drug-likeness (QED) is 0.595. The van der Waals surface area contributed by atoms with E-state index in [1.54, 1.807) is 64.1 Å². The number of aryl methyl sites for hydroxylation is 1. The van der Waals surface area contributed by atoms with Crippen LogP contribution in [0.25, 0.3) is 0 Å². The van der Waals surface area contributed by atoms with E-state index in [2.05, 4.69) is 16.0 Å². The Morgan fingerprint density at radius 1 is 0.967 bits per heavy atom. The predicted molar refractivity (Wildman–Crippen MR) is 118 cm³/mol. The normalized spacial score (nSPS) is 12.3. The van der Waals surface area contributed by atoms with Crippen molar-refractivity contribution in [3.05, 3.63) is 54.1 Å². The largest absolute Gasteiger partial charge is 0.326 e. The molecule has 9 heteroatoms. The number of rotatable bonds is 8. The van der Waals surface area contributed by atoms with Crippen LogP contribution in [0.2, 0.25) is 0 Å². The van der Waals surface area contributed by atoms with E-state index < -0.39 is 28.0 Å². The molecule has 0 aromatic heterocycles. The van der Waals surface area contributed by atoms with Gasteiger partial charge in [-0.05, 0) is 43.7 Å². The number of sulfonamides is 1. The second kappa shape index (κ2) is 10.2. The highest BCUT2D eigenvalue weighted by Gasteiger charge is 2.24. The van der Waals surface area contributed by atoms with Crippen molar-refractivity contribution in [3.63, 3.8) is 0 Å². The van der Waals surface area contributed by atoms with E-state index in [4.69, 9.17) is 0 Å². The highest BCUT2D eigenvalue weighted by molar-refractivity contribution is 7.89. The molecule has 162 valence electrons. The molecule has 8 nitrogen and oxygen atoms in total. The summed E-state index contributed by atoms with van der Waals surface area (Å²) in [5.74, 6) is -0.465. The predicted octanol–water partition coefficient (Wildman–Crippen LogP) is 3.17. The van der Waals surface area contributed by atoms with E-state index in [-0.39, 0.29) is 4.90 Å². The molecule has 0 heterocycles. The van der Waals surface area contributed by atoms with Crippen LogP contribution >= 0.6 is 0 Å². The average molecular weight is 433 g/mol. The number of carbonyl (C=O) groups is 2. The molecule has 0 spiro atoms. The summed E-state index contributed by atoms with van der Waals surface area (Å²) in [6.45, 7) is 7.51. The van der Waals surface area contributed by atoms with Gasteiger partial charge in [0.2, 0.25) is 15.9 Å². The van der Waals surface area contributed by atoms with Crippen molar-refractivity contribution in [3.8, 4) is 0 Å². The Morgan fingerprint density at radius 2 is 1.60 bits per heavy atom. The van der Waals surface area contributed by atoms with Crippen LogP contribution in [-0.4, -0.2) is 43.8 Å². The maximum absolute atomic E-state index is 12.9. The minimum atomic E-state index is -3.66.